The molecule has 0 spiro atoms. The van der Waals surface area contributed by atoms with Gasteiger partial charge < -0.3 is 5.32 Å². The van der Waals surface area contributed by atoms with Gasteiger partial charge >= 0.3 is 0 Å². The van der Waals surface area contributed by atoms with Crippen LogP contribution < -0.4 is 5.32 Å². The van der Waals surface area contributed by atoms with E-state index in [1.165, 1.54) is 38.8 Å². The summed E-state index contributed by atoms with van der Waals surface area (Å²) in [5.74, 6) is 0.859. The van der Waals surface area contributed by atoms with Gasteiger partial charge in [-0.25, -0.2) is 0 Å². The largest absolute Gasteiger partial charge is 0.316 e. The Bertz CT molecular complexity index is 133. The van der Waals surface area contributed by atoms with E-state index in [1.807, 2.05) is 0 Å². The summed E-state index contributed by atoms with van der Waals surface area (Å²) in [4.78, 5) is 0. The monoisotopic (exact) mass is 169 g/mol. The van der Waals surface area contributed by atoms with Gasteiger partial charge in [-0.05, 0) is 37.3 Å². The topological polar surface area (TPSA) is 12.0 Å². The lowest BCUT2D eigenvalue weighted by atomic mass is 9.70. The molecule has 1 fully saturated rings. The molecule has 0 aromatic heterocycles. The first-order chi connectivity index (χ1) is 5.69. The number of piperidine rings is 1. The van der Waals surface area contributed by atoms with Crippen LogP contribution >= 0.6 is 0 Å². The second-order valence-electron chi connectivity index (χ2n) is 4.61. The van der Waals surface area contributed by atoms with Crippen LogP contribution in [-0.2, 0) is 0 Å². The Kier molecular flexibility index (Phi) is 3.57. The minimum absolute atomic E-state index is 0.626. The van der Waals surface area contributed by atoms with Gasteiger partial charge in [0.2, 0.25) is 0 Å². The van der Waals surface area contributed by atoms with Gasteiger partial charge in [0.25, 0.3) is 0 Å². The molecule has 0 saturated carbocycles. The Morgan fingerprint density at radius 3 is 2.83 bits per heavy atom. The van der Waals surface area contributed by atoms with Gasteiger partial charge in [-0.3, -0.25) is 0 Å². The standard InChI is InChI=1S/C11H23N/c1-4-5-6-11(3)7-8-12-9-10(11)2/h10,12H,4-9H2,1-3H3. The van der Waals surface area contributed by atoms with Crippen molar-refractivity contribution in [3.63, 3.8) is 0 Å². The first-order valence-electron chi connectivity index (χ1n) is 5.40. The van der Waals surface area contributed by atoms with Crippen LogP contribution in [0.4, 0.5) is 0 Å². The maximum Gasteiger partial charge on any atom is -0.00179 e. The zero-order chi connectivity index (χ0) is 9.03. The minimum atomic E-state index is 0.626. The fourth-order valence-electron chi connectivity index (χ4n) is 2.14. The van der Waals surface area contributed by atoms with Crippen molar-refractivity contribution in [2.45, 2.75) is 46.5 Å². The molecule has 0 radical (unpaired) electrons. The highest BCUT2D eigenvalue weighted by Crippen LogP contribution is 2.37. The molecule has 0 aliphatic carbocycles. The van der Waals surface area contributed by atoms with E-state index >= 15 is 0 Å². The molecule has 0 bridgehead atoms. The van der Waals surface area contributed by atoms with E-state index in [0.29, 0.717) is 5.41 Å². The molecular weight excluding hydrogens is 146 g/mol. The minimum Gasteiger partial charge on any atom is -0.316 e. The Hall–Kier alpha value is -0.0400. The highest BCUT2D eigenvalue weighted by atomic mass is 14.9. The molecule has 1 nitrogen and oxygen atoms in total. The SMILES string of the molecule is CCCCC1(C)CCNCC1C. The van der Waals surface area contributed by atoms with Crippen LogP contribution in [0.5, 0.6) is 0 Å². The number of hydrogen-bond acceptors (Lipinski definition) is 1. The van der Waals surface area contributed by atoms with Crippen molar-refractivity contribution in [2.24, 2.45) is 11.3 Å². The Morgan fingerprint density at radius 1 is 1.50 bits per heavy atom. The highest BCUT2D eigenvalue weighted by Gasteiger charge is 2.32. The summed E-state index contributed by atoms with van der Waals surface area (Å²) in [5, 5.41) is 3.47. The third-order valence-corrected chi connectivity index (χ3v) is 3.61. The summed E-state index contributed by atoms with van der Waals surface area (Å²) in [7, 11) is 0. The summed E-state index contributed by atoms with van der Waals surface area (Å²) in [6, 6.07) is 0. The van der Waals surface area contributed by atoms with E-state index < -0.39 is 0 Å². The lowest BCUT2D eigenvalue weighted by Crippen LogP contribution is -2.42. The number of unbranched alkanes of at least 4 members (excludes halogenated alkanes) is 1. The van der Waals surface area contributed by atoms with Crippen molar-refractivity contribution in [1.82, 2.24) is 5.32 Å². The van der Waals surface area contributed by atoms with E-state index in [-0.39, 0.29) is 0 Å². The molecule has 1 heterocycles. The predicted octanol–water partition coefficient (Wildman–Crippen LogP) is 2.81. The quantitative estimate of drug-likeness (QED) is 0.685. The van der Waals surface area contributed by atoms with Gasteiger partial charge in [0.1, 0.15) is 0 Å². The highest BCUT2D eigenvalue weighted by molar-refractivity contribution is 4.85. The number of rotatable bonds is 3. The Labute approximate surface area is 76.9 Å². The van der Waals surface area contributed by atoms with Crippen molar-refractivity contribution in [1.29, 1.82) is 0 Å². The van der Waals surface area contributed by atoms with Crippen LogP contribution in [0, 0.1) is 11.3 Å². The molecule has 0 aromatic carbocycles. The molecule has 0 amide bonds. The first-order valence-corrected chi connectivity index (χ1v) is 5.40. The maximum absolute atomic E-state index is 3.47. The normalized spacial score (nSPS) is 36.8. The molecule has 12 heavy (non-hydrogen) atoms. The summed E-state index contributed by atoms with van der Waals surface area (Å²) in [6.45, 7) is 9.59. The smallest absolute Gasteiger partial charge is 0.00179 e. The van der Waals surface area contributed by atoms with E-state index in [4.69, 9.17) is 0 Å². The molecule has 1 N–H and O–H groups in total. The van der Waals surface area contributed by atoms with Crippen molar-refractivity contribution >= 4 is 0 Å². The van der Waals surface area contributed by atoms with Crippen molar-refractivity contribution in [2.75, 3.05) is 13.1 Å². The summed E-state index contributed by atoms with van der Waals surface area (Å²) in [5.41, 5.74) is 0.626. The molecule has 1 aliphatic rings. The van der Waals surface area contributed by atoms with Gasteiger partial charge in [0.05, 0.1) is 0 Å². The number of hydrogen-bond donors (Lipinski definition) is 1. The van der Waals surface area contributed by atoms with Gasteiger partial charge in [0, 0.05) is 0 Å². The first kappa shape index (κ1) is 10.0. The summed E-state index contributed by atoms with van der Waals surface area (Å²) < 4.78 is 0. The van der Waals surface area contributed by atoms with Gasteiger partial charge in [-0.1, -0.05) is 33.6 Å². The van der Waals surface area contributed by atoms with Crippen molar-refractivity contribution < 1.29 is 0 Å². The van der Waals surface area contributed by atoms with Crippen LogP contribution in [0.2, 0.25) is 0 Å². The van der Waals surface area contributed by atoms with Crippen molar-refractivity contribution in [3.8, 4) is 0 Å². The fraction of sp³-hybridized carbons (Fsp3) is 1.00. The third kappa shape index (κ3) is 2.22. The third-order valence-electron chi connectivity index (χ3n) is 3.61. The molecular formula is C11H23N. The summed E-state index contributed by atoms with van der Waals surface area (Å²) in [6.07, 6.45) is 5.54. The van der Waals surface area contributed by atoms with Gasteiger partial charge in [0.15, 0.2) is 0 Å². The molecule has 72 valence electrons. The van der Waals surface area contributed by atoms with Gasteiger partial charge in [-0.15, -0.1) is 0 Å². The van der Waals surface area contributed by atoms with E-state index in [2.05, 4.69) is 26.1 Å². The zero-order valence-electron chi connectivity index (χ0n) is 8.82. The zero-order valence-corrected chi connectivity index (χ0v) is 8.82. The van der Waals surface area contributed by atoms with Gasteiger partial charge in [-0.2, -0.15) is 0 Å². The Balaban J connectivity index is 2.42. The molecule has 2 atom stereocenters. The number of nitrogens with one attached hydrogen (secondary N) is 1. The average molecular weight is 169 g/mol. The van der Waals surface area contributed by atoms with Crippen LogP contribution in [0.15, 0.2) is 0 Å². The van der Waals surface area contributed by atoms with Crippen molar-refractivity contribution in [3.05, 3.63) is 0 Å². The molecule has 1 aliphatic heterocycles. The average Bonchev–Trinajstić information content (AvgIpc) is 2.07. The molecule has 0 aromatic rings. The molecule has 1 rings (SSSR count). The predicted molar refractivity (Wildman–Crippen MR) is 54.3 cm³/mol. The second-order valence-corrected chi connectivity index (χ2v) is 4.61. The van der Waals surface area contributed by atoms with E-state index in [0.717, 1.165) is 5.92 Å². The lowest BCUT2D eigenvalue weighted by Gasteiger charge is -2.40. The van der Waals surface area contributed by atoms with Crippen LogP contribution in [0.1, 0.15) is 46.5 Å². The fourth-order valence-corrected chi connectivity index (χ4v) is 2.14. The molecule has 1 saturated heterocycles. The van der Waals surface area contributed by atoms with E-state index in [9.17, 15) is 0 Å². The molecule has 2 unspecified atom stereocenters. The Morgan fingerprint density at radius 2 is 2.25 bits per heavy atom. The lowest BCUT2D eigenvalue weighted by molar-refractivity contribution is 0.128. The van der Waals surface area contributed by atoms with Crippen LogP contribution in [0.25, 0.3) is 0 Å². The molecule has 1 heteroatoms. The maximum atomic E-state index is 3.47. The second kappa shape index (κ2) is 4.27. The van der Waals surface area contributed by atoms with E-state index in [1.54, 1.807) is 0 Å². The van der Waals surface area contributed by atoms with Crippen LogP contribution in [-0.4, -0.2) is 13.1 Å². The summed E-state index contributed by atoms with van der Waals surface area (Å²) >= 11 is 0. The van der Waals surface area contributed by atoms with Crippen LogP contribution in [0.3, 0.4) is 0 Å².